The normalized spacial score (nSPS) is 15.1. The molecule has 0 unspecified atom stereocenters. The van der Waals surface area contributed by atoms with E-state index >= 15 is 0 Å². The summed E-state index contributed by atoms with van der Waals surface area (Å²) in [5.41, 5.74) is 6.15. The van der Waals surface area contributed by atoms with E-state index in [0.717, 1.165) is 16.7 Å². The molecule has 2 aromatic heterocycles. The lowest BCUT2D eigenvalue weighted by molar-refractivity contribution is 0.477. The molecule has 1 N–H and O–H groups in total. The van der Waals surface area contributed by atoms with Gasteiger partial charge < -0.3 is 5.11 Å². The van der Waals surface area contributed by atoms with Crippen molar-refractivity contribution in [3.05, 3.63) is 168 Å². The number of phenolic OH excluding ortho intramolecular Hbond substituents is 1. The van der Waals surface area contributed by atoms with Crippen molar-refractivity contribution in [1.82, 2.24) is 14.5 Å². The minimum atomic E-state index is -2.40. The van der Waals surface area contributed by atoms with Crippen molar-refractivity contribution in [3.63, 3.8) is 0 Å². The van der Waals surface area contributed by atoms with Gasteiger partial charge in [0.1, 0.15) is 11.6 Å². The largest absolute Gasteiger partial charge is 0.507 e. The SMILES string of the molecule is [2H]c1nc(-c2cc(-c3cccc4c3nc(-c3ccccc3O)n4-c3ccc(C([2H])([2H])[2H])cc3-c3ccc(C(C)(C)C)cc3)cc(C(C)(C)C)c2)c([2H])c(-c2c([2H])c([2H])c([2H])c([2H])c2[2H])c1[2H]. The van der Waals surface area contributed by atoms with Gasteiger partial charge in [-0.1, -0.05) is 138 Å². The van der Waals surface area contributed by atoms with Gasteiger partial charge in [-0.15, -0.1) is 0 Å². The molecule has 272 valence electrons. The van der Waals surface area contributed by atoms with Gasteiger partial charge in [0.15, 0.2) is 0 Å². The van der Waals surface area contributed by atoms with Crippen LogP contribution in [0.2, 0.25) is 0 Å². The average Bonchev–Trinajstić information content (AvgIpc) is 3.65. The van der Waals surface area contributed by atoms with Crippen LogP contribution in [0.1, 0.15) is 73.3 Å². The third-order valence-corrected chi connectivity index (χ3v) is 9.85. The number of phenols is 1. The highest BCUT2D eigenvalue weighted by molar-refractivity contribution is 5.97. The molecular weight excluding hydrogens is 671 g/mol. The van der Waals surface area contributed by atoms with Gasteiger partial charge in [-0.25, -0.2) is 4.98 Å². The lowest BCUT2D eigenvalue weighted by atomic mass is 9.83. The second-order valence-corrected chi connectivity index (χ2v) is 15.8. The molecule has 0 aliphatic rings. The highest BCUT2D eigenvalue weighted by Crippen LogP contribution is 2.42. The minimum absolute atomic E-state index is 0.0178. The first-order valence-electron chi connectivity index (χ1n) is 23.7. The molecular formula is C51H47N3O. The molecule has 4 heteroatoms. The second-order valence-electron chi connectivity index (χ2n) is 15.8. The molecule has 0 saturated carbocycles. The number of pyridine rings is 1. The highest BCUT2D eigenvalue weighted by Gasteiger charge is 2.24. The summed E-state index contributed by atoms with van der Waals surface area (Å²) >= 11 is 0. The number of aromatic nitrogens is 3. The molecule has 2 heterocycles. The molecule has 0 saturated heterocycles. The summed E-state index contributed by atoms with van der Waals surface area (Å²) in [6.45, 7) is 10.0. The van der Waals surface area contributed by atoms with E-state index in [1.807, 2.05) is 79.9 Å². The summed E-state index contributed by atoms with van der Waals surface area (Å²) in [4.78, 5) is 9.69. The zero-order chi connectivity index (χ0) is 47.9. The lowest BCUT2D eigenvalue weighted by Crippen LogP contribution is -2.11. The zero-order valence-corrected chi connectivity index (χ0v) is 31.6. The van der Waals surface area contributed by atoms with Crippen LogP contribution in [0.25, 0.3) is 72.7 Å². The van der Waals surface area contributed by atoms with Crippen molar-refractivity contribution < 1.29 is 20.2 Å². The Morgan fingerprint density at radius 1 is 0.618 bits per heavy atom. The van der Waals surface area contributed by atoms with E-state index in [2.05, 4.69) is 25.8 Å². The van der Waals surface area contributed by atoms with Gasteiger partial charge in [-0.05, 0) is 106 Å². The molecule has 4 nitrogen and oxygen atoms in total. The van der Waals surface area contributed by atoms with Gasteiger partial charge in [0, 0.05) is 27.0 Å². The van der Waals surface area contributed by atoms with Crippen LogP contribution >= 0.6 is 0 Å². The number of benzene rings is 6. The molecule has 0 spiro atoms. The van der Waals surface area contributed by atoms with E-state index in [1.165, 1.54) is 0 Å². The Balaban J connectivity index is 1.42. The van der Waals surface area contributed by atoms with Crippen LogP contribution in [0.5, 0.6) is 5.75 Å². The Morgan fingerprint density at radius 2 is 1.35 bits per heavy atom. The molecule has 8 rings (SSSR count). The summed E-state index contributed by atoms with van der Waals surface area (Å²) in [5.74, 6) is 0.371. The fraction of sp³-hybridized carbons (Fsp3) is 0.176. The van der Waals surface area contributed by atoms with Crippen molar-refractivity contribution in [1.29, 1.82) is 0 Å². The van der Waals surface area contributed by atoms with Crippen molar-refractivity contribution >= 4 is 11.0 Å². The number of aromatic hydroxyl groups is 1. The molecule has 0 aliphatic heterocycles. The smallest absolute Gasteiger partial charge is 0.149 e. The quantitative estimate of drug-likeness (QED) is 0.185. The molecule has 0 fully saturated rings. The van der Waals surface area contributed by atoms with Gasteiger partial charge >= 0.3 is 0 Å². The minimum Gasteiger partial charge on any atom is -0.507 e. The molecule has 0 amide bonds. The third kappa shape index (κ3) is 6.97. The summed E-state index contributed by atoms with van der Waals surface area (Å²) in [6.07, 6.45) is -0.535. The van der Waals surface area contributed by atoms with Crippen LogP contribution < -0.4 is 0 Å². The Bertz CT molecular complexity index is 3220. The molecule has 6 aromatic carbocycles. The van der Waals surface area contributed by atoms with Crippen LogP contribution in [0.15, 0.2) is 152 Å². The predicted molar refractivity (Wildman–Crippen MR) is 230 cm³/mol. The topological polar surface area (TPSA) is 50.9 Å². The molecule has 55 heavy (non-hydrogen) atoms. The first-order valence-corrected chi connectivity index (χ1v) is 18.2. The van der Waals surface area contributed by atoms with Crippen LogP contribution in [0.3, 0.4) is 0 Å². The number of imidazole rings is 1. The first-order chi connectivity index (χ1) is 30.9. The third-order valence-electron chi connectivity index (χ3n) is 9.85. The Kier molecular flexibility index (Phi) is 6.29. The number of aryl methyl sites for hydroxylation is 1. The molecule has 0 bridgehead atoms. The van der Waals surface area contributed by atoms with Crippen LogP contribution in [0.4, 0.5) is 0 Å². The fourth-order valence-corrected chi connectivity index (χ4v) is 6.84. The van der Waals surface area contributed by atoms with Gasteiger partial charge in [0.05, 0.1) is 38.9 Å². The average molecular weight is 729 g/mol. The molecule has 0 atom stereocenters. The maximum absolute atomic E-state index is 11.4. The Morgan fingerprint density at radius 3 is 2.07 bits per heavy atom. The summed E-state index contributed by atoms with van der Waals surface area (Å²) in [6, 6.07) is 27.3. The number of hydrogen-bond acceptors (Lipinski definition) is 3. The Labute approximate surface area is 340 Å². The highest BCUT2D eigenvalue weighted by atomic mass is 16.3. The molecule has 8 aromatic rings. The zero-order valence-electron chi connectivity index (χ0n) is 42.6. The number of hydrogen-bond donors (Lipinski definition) is 1. The first kappa shape index (κ1) is 24.9. The number of fused-ring (bicyclic) bond motifs is 1. The number of nitrogens with zero attached hydrogens (tertiary/aromatic N) is 3. The van der Waals surface area contributed by atoms with Crippen LogP contribution in [-0.4, -0.2) is 19.6 Å². The van der Waals surface area contributed by atoms with E-state index in [9.17, 15) is 6.48 Å². The summed E-state index contributed by atoms with van der Waals surface area (Å²) in [7, 11) is 0. The van der Waals surface area contributed by atoms with Crippen molar-refractivity contribution in [2.45, 2.75) is 59.2 Å². The molecule has 0 radical (unpaired) electrons. The number of rotatable bonds is 6. The van der Waals surface area contributed by atoms with Crippen LogP contribution in [-0.2, 0) is 10.8 Å². The molecule has 0 aliphatic carbocycles. The number of para-hydroxylation sites is 2. The fourth-order valence-electron chi connectivity index (χ4n) is 6.84. The summed E-state index contributed by atoms with van der Waals surface area (Å²) in [5, 5.41) is 11.4. The van der Waals surface area contributed by atoms with E-state index in [4.69, 9.17) is 18.7 Å². The maximum Gasteiger partial charge on any atom is 0.149 e. The maximum atomic E-state index is 11.4. The van der Waals surface area contributed by atoms with Gasteiger partial charge in [-0.3, -0.25) is 9.55 Å². The lowest BCUT2D eigenvalue weighted by Gasteiger charge is -2.22. The van der Waals surface area contributed by atoms with E-state index in [-0.39, 0.29) is 39.6 Å². The van der Waals surface area contributed by atoms with Gasteiger partial charge in [0.2, 0.25) is 0 Å². The predicted octanol–water partition coefficient (Wildman–Crippen LogP) is 13.4. The van der Waals surface area contributed by atoms with Crippen molar-refractivity contribution in [3.8, 4) is 67.5 Å². The van der Waals surface area contributed by atoms with Crippen molar-refractivity contribution in [2.75, 3.05) is 0 Å². The van der Waals surface area contributed by atoms with E-state index in [1.54, 1.807) is 48.5 Å². The van der Waals surface area contributed by atoms with Crippen LogP contribution in [0, 0.1) is 6.85 Å². The van der Waals surface area contributed by atoms with E-state index in [0.29, 0.717) is 50.4 Å². The monoisotopic (exact) mass is 728 g/mol. The van der Waals surface area contributed by atoms with E-state index < -0.39 is 54.7 Å². The summed E-state index contributed by atoms with van der Waals surface area (Å²) < 4.78 is 96.0. The Hall–Kier alpha value is -6.26. The van der Waals surface area contributed by atoms with Crippen molar-refractivity contribution in [2.24, 2.45) is 0 Å². The second kappa shape index (κ2) is 13.9. The van der Waals surface area contributed by atoms with Gasteiger partial charge in [-0.2, -0.15) is 0 Å². The standard InChI is InChI=1S/C51H47N3O/c1-33-20-25-45(43(28-33)35-21-23-39(24-22-35)50(2,3)4)54-46-18-13-17-41(48(46)53-49(54)42-16-11-12-19-47(42)55)37-29-38(31-40(30-37)51(5,6)7)44-32-36(26-27-52-44)34-14-9-8-10-15-34/h8-32,55H,1-7H3/i1D3,8D,9D,10D,14D,15D,26D,27D,32D. The van der Waals surface area contributed by atoms with Gasteiger partial charge in [0.25, 0.3) is 0 Å².